The third kappa shape index (κ3) is 2.30. The topological polar surface area (TPSA) is 62.5 Å². The van der Waals surface area contributed by atoms with Crippen molar-refractivity contribution in [2.45, 2.75) is 57.4 Å². The molecule has 3 heterocycles. The first kappa shape index (κ1) is 15.1. The highest BCUT2D eigenvalue weighted by Gasteiger charge is 2.61. The lowest BCUT2D eigenvalue weighted by Crippen LogP contribution is -2.55. The van der Waals surface area contributed by atoms with Crippen molar-refractivity contribution in [3.8, 4) is 0 Å². The maximum absolute atomic E-state index is 12.9. The van der Waals surface area contributed by atoms with E-state index in [2.05, 4.69) is 33.8 Å². The Morgan fingerprint density at radius 3 is 2.65 bits per heavy atom. The van der Waals surface area contributed by atoms with Crippen molar-refractivity contribution in [1.29, 1.82) is 0 Å². The Balaban J connectivity index is 1.57. The summed E-state index contributed by atoms with van der Waals surface area (Å²) in [4.78, 5) is 17.2. The Bertz CT molecular complexity index is 593. The molecular formula is C17H26N4O2. The predicted molar refractivity (Wildman–Crippen MR) is 84.8 cm³/mol. The molecule has 126 valence electrons. The molecule has 3 fully saturated rings. The standard InChI is InChI=1S/C17H26N4O2/c1-12(2)15-18-19-16(23-15)17-7-5-13(17)6-10-21(17)14(22)11-20-8-3-4-9-20/h12-13H,3-11H2,1-2H3/t13-,17-/m0/s1. The van der Waals surface area contributed by atoms with Gasteiger partial charge in [0.25, 0.3) is 0 Å². The van der Waals surface area contributed by atoms with Gasteiger partial charge in [0.2, 0.25) is 17.7 Å². The summed E-state index contributed by atoms with van der Waals surface area (Å²) in [5.74, 6) is 2.30. The first-order chi connectivity index (χ1) is 11.1. The van der Waals surface area contributed by atoms with Crippen molar-refractivity contribution < 1.29 is 9.21 Å². The average Bonchev–Trinajstić information content (AvgIpc) is 3.19. The van der Waals surface area contributed by atoms with E-state index in [0.717, 1.165) is 38.9 Å². The van der Waals surface area contributed by atoms with Crippen LogP contribution in [0.5, 0.6) is 0 Å². The molecule has 0 spiro atoms. The van der Waals surface area contributed by atoms with Crippen LogP contribution in [-0.4, -0.2) is 52.1 Å². The lowest BCUT2D eigenvalue weighted by atomic mass is 9.67. The van der Waals surface area contributed by atoms with E-state index in [9.17, 15) is 4.79 Å². The van der Waals surface area contributed by atoms with Gasteiger partial charge in [-0.25, -0.2) is 0 Å². The third-order valence-electron chi connectivity index (χ3n) is 5.90. The van der Waals surface area contributed by atoms with Crippen LogP contribution in [0.15, 0.2) is 4.42 Å². The summed E-state index contributed by atoms with van der Waals surface area (Å²) >= 11 is 0. The smallest absolute Gasteiger partial charge is 0.242 e. The number of nitrogens with zero attached hydrogens (tertiary/aromatic N) is 4. The van der Waals surface area contributed by atoms with Crippen molar-refractivity contribution in [3.63, 3.8) is 0 Å². The number of fused-ring (bicyclic) bond motifs is 1. The second-order valence-electron chi connectivity index (χ2n) is 7.58. The molecule has 0 N–H and O–H groups in total. The maximum atomic E-state index is 12.9. The van der Waals surface area contributed by atoms with Crippen molar-refractivity contribution >= 4 is 5.91 Å². The summed E-state index contributed by atoms with van der Waals surface area (Å²) in [6, 6.07) is 0. The zero-order chi connectivity index (χ0) is 16.0. The molecule has 6 nitrogen and oxygen atoms in total. The molecule has 1 amide bonds. The Hall–Kier alpha value is -1.43. The first-order valence-corrected chi connectivity index (χ1v) is 8.98. The van der Waals surface area contributed by atoms with Crippen LogP contribution in [0.2, 0.25) is 0 Å². The molecule has 2 aliphatic heterocycles. The zero-order valence-electron chi connectivity index (χ0n) is 14.1. The molecule has 3 aliphatic rings. The minimum atomic E-state index is -0.309. The molecule has 1 aliphatic carbocycles. The van der Waals surface area contributed by atoms with Gasteiger partial charge in [-0.3, -0.25) is 9.69 Å². The van der Waals surface area contributed by atoms with Gasteiger partial charge in [0.15, 0.2) is 0 Å². The molecule has 4 rings (SSSR count). The van der Waals surface area contributed by atoms with E-state index in [0.29, 0.717) is 24.2 Å². The number of hydrogen-bond acceptors (Lipinski definition) is 5. The number of carbonyl (C=O) groups is 1. The van der Waals surface area contributed by atoms with E-state index in [-0.39, 0.29) is 17.4 Å². The van der Waals surface area contributed by atoms with Crippen molar-refractivity contribution in [2.75, 3.05) is 26.2 Å². The molecule has 1 aromatic heterocycles. The van der Waals surface area contributed by atoms with Crippen LogP contribution >= 0.6 is 0 Å². The van der Waals surface area contributed by atoms with Gasteiger partial charge in [0.05, 0.1) is 6.54 Å². The molecule has 23 heavy (non-hydrogen) atoms. The third-order valence-corrected chi connectivity index (χ3v) is 5.90. The van der Waals surface area contributed by atoms with Crippen LogP contribution in [0.25, 0.3) is 0 Å². The van der Waals surface area contributed by atoms with Gasteiger partial charge in [-0.15, -0.1) is 10.2 Å². The number of carbonyl (C=O) groups excluding carboxylic acids is 1. The SMILES string of the molecule is CC(C)c1nnc([C@]23CC[C@H]2CCN3C(=O)CN2CCCC2)o1. The molecule has 0 aromatic carbocycles. The van der Waals surface area contributed by atoms with Gasteiger partial charge in [0, 0.05) is 12.5 Å². The van der Waals surface area contributed by atoms with E-state index < -0.39 is 0 Å². The average molecular weight is 318 g/mol. The predicted octanol–water partition coefficient (Wildman–Crippen LogP) is 2.13. The summed E-state index contributed by atoms with van der Waals surface area (Å²) in [5.41, 5.74) is -0.309. The minimum Gasteiger partial charge on any atom is -0.422 e. The largest absolute Gasteiger partial charge is 0.422 e. The van der Waals surface area contributed by atoms with Gasteiger partial charge in [-0.2, -0.15) is 0 Å². The number of amides is 1. The monoisotopic (exact) mass is 318 g/mol. The van der Waals surface area contributed by atoms with Crippen LogP contribution in [-0.2, 0) is 10.3 Å². The Morgan fingerprint density at radius 1 is 1.26 bits per heavy atom. The van der Waals surface area contributed by atoms with Crippen LogP contribution in [0, 0.1) is 5.92 Å². The van der Waals surface area contributed by atoms with Crippen molar-refractivity contribution in [1.82, 2.24) is 20.0 Å². The molecule has 1 saturated carbocycles. The second kappa shape index (κ2) is 5.58. The number of rotatable bonds is 4. The fourth-order valence-corrected chi connectivity index (χ4v) is 4.45. The maximum Gasteiger partial charge on any atom is 0.242 e. The molecule has 0 unspecified atom stereocenters. The van der Waals surface area contributed by atoms with Crippen molar-refractivity contribution in [3.05, 3.63) is 11.8 Å². The molecule has 1 aromatic rings. The fraction of sp³-hybridized carbons (Fsp3) is 0.824. The Morgan fingerprint density at radius 2 is 2.04 bits per heavy atom. The van der Waals surface area contributed by atoms with Gasteiger partial charge >= 0.3 is 0 Å². The van der Waals surface area contributed by atoms with E-state index in [1.54, 1.807) is 0 Å². The van der Waals surface area contributed by atoms with Crippen LogP contribution in [0.1, 0.15) is 63.7 Å². The minimum absolute atomic E-state index is 0.223. The number of hydrogen-bond donors (Lipinski definition) is 0. The fourth-order valence-electron chi connectivity index (χ4n) is 4.45. The van der Waals surface area contributed by atoms with Crippen LogP contribution in [0.3, 0.4) is 0 Å². The quantitative estimate of drug-likeness (QED) is 0.851. The van der Waals surface area contributed by atoms with Gasteiger partial charge in [-0.1, -0.05) is 13.8 Å². The Kier molecular flexibility index (Phi) is 3.67. The first-order valence-electron chi connectivity index (χ1n) is 8.98. The van der Waals surface area contributed by atoms with E-state index >= 15 is 0 Å². The molecule has 0 radical (unpaired) electrons. The van der Waals surface area contributed by atoms with E-state index in [1.165, 1.54) is 12.8 Å². The molecule has 6 heteroatoms. The number of aromatic nitrogens is 2. The number of likely N-dealkylation sites (tertiary alicyclic amines) is 2. The van der Waals surface area contributed by atoms with Gasteiger partial charge in [0.1, 0.15) is 5.54 Å². The highest BCUT2D eigenvalue weighted by atomic mass is 16.4. The molecular weight excluding hydrogens is 292 g/mol. The zero-order valence-corrected chi connectivity index (χ0v) is 14.1. The van der Waals surface area contributed by atoms with Gasteiger partial charge in [-0.05, 0) is 51.1 Å². The summed E-state index contributed by atoms with van der Waals surface area (Å²) in [7, 11) is 0. The Labute approximate surface area is 137 Å². The van der Waals surface area contributed by atoms with Crippen LogP contribution < -0.4 is 0 Å². The van der Waals surface area contributed by atoms with E-state index in [4.69, 9.17) is 4.42 Å². The lowest BCUT2D eigenvalue weighted by Gasteiger charge is -2.47. The van der Waals surface area contributed by atoms with Crippen molar-refractivity contribution in [2.24, 2.45) is 5.92 Å². The summed E-state index contributed by atoms with van der Waals surface area (Å²) in [6.07, 6.45) is 5.60. The lowest BCUT2D eigenvalue weighted by molar-refractivity contribution is -0.143. The highest BCUT2D eigenvalue weighted by molar-refractivity contribution is 5.80. The normalized spacial score (nSPS) is 30.7. The molecule has 2 atom stereocenters. The van der Waals surface area contributed by atoms with Crippen LogP contribution in [0.4, 0.5) is 0 Å². The summed E-state index contributed by atoms with van der Waals surface area (Å²) < 4.78 is 5.97. The van der Waals surface area contributed by atoms with Gasteiger partial charge < -0.3 is 9.32 Å². The summed E-state index contributed by atoms with van der Waals surface area (Å²) in [6.45, 7) is 7.58. The molecule has 0 bridgehead atoms. The highest BCUT2D eigenvalue weighted by Crippen LogP contribution is 2.56. The van der Waals surface area contributed by atoms with E-state index in [1.807, 2.05) is 0 Å². The summed E-state index contributed by atoms with van der Waals surface area (Å²) in [5, 5.41) is 8.54. The molecule has 2 saturated heterocycles. The second-order valence-corrected chi connectivity index (χ2v) is 7.58.